The number of nitrogens with one attached hydrogen (secondary N) is 1. The fourth-order valence-corrected chi connectivity index (χ4v) is 1.54. The number of carboxylic acid groups (broad SMARTS) is 1. The van der Waals surface area contributed by atoms with Crippen molar-refractivity contribution in [2.45, 2.75) is 25.8 Å². The molecule has 0 bridgehead atoms. The third kappa shape index (κ3) is 4.12. The van der Waals surface area contributed by atoms with Gasteiger partial charge in [-0.25, -0.2) is 13.6 Å². The smallest absolute Gasteiger partial charge is 0.326 e. The van der Waals surface area contributed by atoms with Crippen LogP contribution in [-0.4, -0.2) is 23.0 Å². The third-order valence-corrected chi connectivity index (χ3v) is 2.32. The Kier molecular flexibility index (Phi) is 4.76. The van der Waals surface area contributed by atoms with Crippen LogP contribution in [0.25, 0.3) is 0 Å². The molecule has 1 unspecified atom stereocenters. The molecule has 98 valence electrons. The maximum Gasteiger partial charge on any atom is 0.326 e. The van der Waals surface area contributed by atoms with Gasteiger partial charge in [0.05, 0.1) is 0 Å². The average Bonchev–Trinajstić information content (AvgIpc) is 2.27. The molecule has 0 spiro atoms. The lowest BCUT2D eigenvalue weighted by atomic mass is 10.0. The summed E-state index contributed by atoms with van der Waals surface area (Å²) in [5.41, 5.74) is 0.272. The maximum absolute atomic E-state index is 12.5. The summed E-state index contributed by atoms with van der Waals surface area (Å²) >= 11 is 0. The average molecular weight is 257 g/mol. The Morgan fingerprint density at radius 3 is 2.56 bits per heavy atom. The van der Waals surface area contributed by atoms with Crippen LogP contribution in [0.4, 0.5) is 8.78 Å². The molecule has 0 aromatic heterocycles. The van der Waals surface area contributed by atoms with Crippen molar-refractivity contribution < 1.29 is 23.5 Å². The molecule has 1 rings (SSSR count). The van der Waals surface area contributed by atoms with Crippen molar-refractivity contribution in [1.82, 2.24) is 5.32 Å². The van der Waals surface area contributed by atoms with E-state index in [2.05, 4.69) is 5.32 Å². The first-order valence-electron chi connectivity index (χ1n) is 5.27. The van der Waals surface area contributed by atoms with Crippen LogP contribution in [-0.2, 0) is 16.0 Å². The van der Waals surface area contributed by atoms with Crippen molar-refractivity contribution in [3.63, 3.8) is 0 Å². The summed E-state index contributed by atoms with van der Waals surface area (Å²) in [4.78, 5) is 21.7. The van der Waals surface area contributed by atoms with Gasteiger partial charge in [0, 0.05) is 18.9 Å². The summed E-state index contributed by atoms with van der Waals surface area (Å²) in [7, 11) is 0. The summed E-state index contributed by atoms with van der Waals surface area (Å²) in [6, 6.07) is 4.37. The minimum Gasteiger partial charge on any atom is -0.480 e. The number of carbonyl (C=O) groups is 2. The predicted octanol–water partition coefficient (Wildman–Crippen LogP) is 1.76. The second-order valence-electron chi connectivity index (χ2n) is 3.84. The molecule has 0 heterocycles. The van der Waals surface area contributed by atoms with Gasteiger partial charge in [-0.1, -0.05) is 24.3 Å². The van der Waals surface area contributed by atoms with Gasteiger partial charge in [0.2, 0.25) is 5.91 Å². The number of hydrogen-bond acceptors (Lipinski definition) is 2. The molecule has 2 N–H and O–H groups in total. The Labute approximate surface area is 103 Å². The molecule has 1 aromatic carbocycles. The summed E-state index contributed by atoms with van der Waals surface area (Å²) < 4.78 is 24.9. The summed E-state index contributed by atoms with van der Waals surface area (Å²) in [5.74, 6) is -1.68. The standard InChI is InChI=1S/C12H13F2NO3/c1-7(16)15-10(12(17)18)6-8-3-2-4-9(5-8)11(13)14/h2-5,10-11H,6H2,1H3,(H,15,16)(H,17,18). The van der Waals surface area contributed by atoms with E-state index in [1.54, 1.807) is 6.07 Å². The number of alkyl halides is 2. The van der Waals surface area contributed by atoms with E-state index in [4.69, 9.17) is 5.11 Å². The molecular formula is C12H13F2NO3. The summed E-state index contributed by atoms with van der Waals surface area (Å²) in [6.07, 6.45) is -2.64. The van der Waals surface area contributed by atoms with Gasteiger partial charge in [-0.15, -0.1) is 0 Å². The monoisotopic (exact) mass is 257 g/mol. The lowest BCUT2D eigenvalue weighted by Crippen LogP contribution is -2.41. The molecule has 0 fully saturated rings. The zero-order chi connectivity index (χ0) is 13.7. The van der Waals surface area contributed by atoms with Crippen molar-refractivity contribution in [2.75, 3.05) is 0 Å². The van der Waals surface area contributed by atoms with E-state index in [1.165, 1.54) is 25.1 Å². The van der Waals surface area contributed by atoms with Gasteiger partial charge in [0.1, 0.15) is 6.04 Å². The Hall–Kier alpha value is -1.98. The molecule has 4 nitrogen and oxygen atoms in total. The second kappa shape index (κ2) is 6.09. The second-order valence-corrected chi connectivity index (χ2v) is 3.84. The molecule has 0 saturated carbocycles. The molecule has 18 heavy (non-hydrogen) atoms. The topological polar surface area (TPSA) is 66.4 Å². The number of hydrogen-bond donors (Lipinski definition) is 2. The van der Waals surface area contributed by atoms with Crippen LogP contribution < -0.4 is 5.32 Å². The van der Waals surface area contributed by atoms with Crippen LogP contribution in [0.3, 0.4) is 0 Å². The minimum absolute atomic E-state index is 0.0323. The largest absolute Gasteiger partial charge is 0.480 e. The number of aliphatic carboxylic acids is 1. The fourth-order valence-electron chi connectivity index (χ4n) is 1.54. The van der Waals surface area contributed by atoms with E-state index >= 15 is 0 Å². The number of halogens is 2. The van der Waals surface area contributed by atoms with Gasteiger partial charge >= 0.3 is 5.97 Å². The Morgan fingerprint density at radius 2 is 2.06 bits per heavy atom. The normalized spacial score (nSPS) is 12.2. The zero-order valence-corrected chi connectivity index (χ0v) is 9.69. The van der Waals surface area contributed by atoms with Gasteiger partial charge in [-0.3, -0.25) is 4.79 Å². The Morgan fingerprint density at radius 1 is 1.39 bits per heavy atom. The van der Waals surface area contributed by atoms with Gasteiger partial charge in [-0.05, 0) is 5.56 Å². The van der Waals surface area contributed by atoms with Crippen LogP contribution >= 0.6 is 0 Å². The van der Waals surface area contributed by atoms with Gasteiger partial charge < -0.3 is 10.4 Å². The van der Waals surface area contributed by atoms with Crippen molar-refractivity contribution in [1.29, 1.82) is 0 Å². The van der Waals surface area contributed by atoms with Crippen LogP contribution in [0.1, 0.15) is 24.5 Å². The molecule has 1 amide bonds. The number of carboxylic acids is 1. The first-order valence-corrected chi connectivity index (χ1v) is 5.27. The zero-order valence-electron chi connectivity index (χ0n) is 9.69. The number of rotatable bonds is 5. The van der Waals surface area contributed by atoms with Crippen LogP contribution in [0, 0.1) is 0 Å². The Bertz CT molecular complexity index is 449. The van der Waals surface area contributed by atoms with E-state index in [1.807, 2.05) is 0 Å². The molecule has 0 aliphatic carbocycles. The molecule has 0 aliphatic heterocycles. The van der Waals surface area contributed by atoms with E-state index in [0.29, 0.717) is 5.56 Å². The van der Waals surface area contributed by atoms with E-state index in [9.17, 15) is 18.4 Å². The highest BCUT2D eigenvalue weighted by molar-refractivity contribution is 5.82. The molecular weight excluding hydrogens is 244 g/mol. The Balaban J connectivity index is 2.83. The minimum atomic E-state index is -2.60. The van der Waals surface area contributed by atoms with Gasteiger partial charge in [0.25, 0.3) is 6.43 Å². The number of benzene rings is 1. The van der Waals surface area contributed by atoms with E-state index < -0.39 is 24.3 Å². The van der Waals surface area contributed by atoms with Gasteiger partial charge in [-0.2, -0.15) is 0 Å². The molecule has 6 heteroatoms. The lowest BCUT2D eigenvalue weighted by Gasteiger charge is -2.13. The molecule has 0 radical (unpaired) electrons. The summed E-state index contributed by atoms with van der Waals surface area (Å²) in [5, 5.41) is 11.1. The first-order chi connectivity index (χ1) is 8.40. The van der Waals surface area contributed by atoms with Crippen molar-refractivity contribution in [3.8, 4) is 0 Å². The third-order valence-electron chi connectivity index (χ3n) is 2.32. The maximum atomic E-state index is 12.5. The quantitative estimate of drug-likeness (QED) is 0.844. The van der Waals surface area contributed by atoms with Crippen molar-refractivity contribution >= 4 is 11.9 Å². The first kappa shape index (κ1) is 14.1. The molecule has 1 atom stereocenters. The van der Waals surface area contributed by atoms with Gasteiger partial charge in [0.15, 0.2) is 0 Å². The number of carbonyl (C=O) groups excluding carboxylic acids is 1. The molecule has 0 aliphatic rings. The highest BCUT2D eigenvalue weighted by atomic mass is 19.3. The predicted molar refractivity (Wildman–Crippen MR) is 60.3 cm³/mol. The summed E-state index contributed by atoms with van der Waals surface area (Å²) in [6.45, 7) is 1.20. The van der Waals surface area contributed by atoms with Crippen LogP contribution in [0.5, 0.6) is 0 Å². The van der Waals surface area contributed by atoms with Crippen LogP contribution in [0.15, 0.2) is 24.3 Å². The van der Waals surface area contributed by atoms with Crippen LogP contribution in [0.2, 0.25) is 0 Å². The highest BCUT2D eigenvalue weighted by Gasteiger charge is 2.19. The van der Waals surface area contributed by atoms with Crippen molar-refractivity contribution in [3.05, 3.63) is 35.4 Å². The van der Waals surface area contributed by atoms with E-state index in [0.717, 1.165) is 0 Å². The fraction of sp³-hybridized carbons (Fsp3) is 0.333. The molecule has 0 saturated heterocycles. The number of amides is 1. The lowest BCUT2D eigenvalue weighted by molar-refractivity contribution is -0.141. The van der Waals surface area contributed by atoms with E-state index in [-0.39, 0.29) is 12.0 Å². The van der Waals surface area contributed by atoms with Crippen molar-refractivity contribution in [2.24, 2.45) is 0 Å². The highest BCUT2D eigenvalue weighted by Crippen LogP contribution is 2.20. The molecule has 1 aromatic rings. The SMILES string of the molecule is CC(=O)NC(Cc1cccc(C(F)F)c1)C(=O)O.